The quantitative estimate of drug-likeness (QED) is 0.523. The monoisotopic (exact) mass is 250 g/mol. The van der Waals surface area contributed by atoms with Crippen LogP contribution in [0.15, 0.2) is 18.3 Å². The lowest BCUT2D eigenvalue weighted by atomic mass is 10.2. The van der Waals surface area contributed by atoms with Crippen LogP contribution >= 0.6 is 0 Å². The van der Waals surface area contributed by atoms with Gasteiger partial charge in [0.25, 0.3) is 0 Å². The summed E-state index contributed by atoms with van der Waals surface area (Å²) in [7, 11) is 0. The van der Waals surface area contributed by atoms with Crippen molar-refractivity contribution in [1.82, 2.24) is 9.88 Å². The van der Waals surface area contributed by atoms with Gasteiger partial charge < -0.3 is 5.43 Å². The Balaban J connectivity index is 2.62. The molecule has 1 heterocycles. The molecular formula is C14H26N4. The molecule has 0 aliphatic rings. The molecule has 18 heavy (non-hydrogen) atoms. The highest BCUT2D eigenvalue weighted by Crippen LogP contribution is 2.14. The van der Waals surface area contributed by atoms with Gasteiger partial charge in [0.1, 0.15) is 5.82 Å². The molecule has 3 N–H and O–H groups in total. The van der Waals surface area contributed by atoms with Crippen LogP contribution in [0.25, 0.3) is 0 Å². The second kappa shape index (κ2) is 8.89. The normalized spacial score (nSPS) is 10.9. The number of hydrogen-bond acceptors (Lipinski definition) is 4. The molecule has 4 heteroatoms. The molecule has 0 aromatic carbocycles. The number of aromatic nitrogens is 1. The average molecular weight is 250 g/mol. The van der Waals surface area contributed by atoms with E-state index in [2.05, 4.69) is 35.2 Å². The van der Waals surface area contributed by atoms with Crippen molar-refractivity contribution in [1.29, 1.82) is 0 Å². The first-order chi connectivity index (χ1) is 8.81. The lowest BCUT2D eigenvalue weighted by molar-refractivity contribution is 0.257. The van der Waals surface area contributed by atoms with Crippen LogP contribution in [-0.4, -0.2) is 23.0 Å². The summed E-state index contributed by atoms with van der Waals surface area (Å²) in [5.41, 5.74) is 3.85. The first kappa shape index (κ1) is 14.9. The predicted molar refractivity (Wildman–Crippen MR) is 77.1 cm³/mol. The second-order valence-electron chi connectivity index (χ2n) is 4.64. The largest absolute Gasteiger partial charge is 0.308 e. The van der Waals surface area contributed by atoms with Gasteiger partial charge in [0.05, 0.1) is 0 Å². The fourth-order valence-corrected chi connectivity index (χ4v) is 1.97. The lowest BCUT2D eigenvalue weighted by Gasteiger charge is -2.22. The Bertz CT molecular complexity index is 319. The second-order valence-corrected chi connectivity index (χ2v) is 4.64. The molecule has 1 aromatic heterocycles. The van der Waals surface area contributed by atoms with Gasteiger partial charge in [0, 0.05) is 18.3 Å². The van der Waals surface area contributed by atoms with Crippen LogP contribution in [0.4, 0.5) is 5.82 Å². The van der Waals surface area contributed by atoms with Crippen LogP contribution < -0.4 is 11.3 Å². The minimum absolute atomic E-state index is 0.787. The number of nitrogens with zero attached hydrogens (tertiary/aromatic N) is 2. The summed E-state index contributed by atoms with van der Waals surface area (Å²) in [5.74, 6) is 6.28. The molecule has 1 rings (SSSR count). The Morgan fingerprint density at radius 2 is 1.89 bits per heavy atom. The van der Waals surface area contributed by atoms with Gasteiger partial charge in [-0.25, -0.2) is 10.8 Å². The Morgan fingerprint density at radius 3 is 2.44 bits per heavy atom. The molecule has 0 radical (unpaired) electrons. The van der Waals surface area contributed by atoms with E-state index in [1.165, 1.54) is 31.2 Å². The summed E-state index contributed by atoms with van der Waals surface area (Å²) in [5, 5.41) is 0. The van der Waals surface area contributed by atoms with E-state index in [1.54, 1.807) is 6.20 Å². The zero-order valence-electron chi connectivity index (χ0n) is 11.7. The maximum Gasteiger partial charge on any atom is 0.144 e. The van der Waals surface area contributed by atoms with Gasteiger partial charge in [-0.1, -0.05) is 32.8 Å². The van der Waals surface area contributed by atoms with Gasteiger partial charge in [-0.2, -0.15) is 0 Å². The molecule has 0 atom stereocenters. The van der Waals surface area contributed by atoms with E-state index in [0.717, 1.165) is 25.5 Å². The summed E-state index contributed by atoms with van der Waals surface area (Å²) >= 11 is 0. The van der Waals surface area contributed by atoms with Crippen molar-refractivity contribution in [2.24, 2.45) is 5.84 Å². The van der Waals surface area contributed by atoms with E-state index in [-0.39, 0.29) is 0 Å². The number of anilines is 1. The van der Waals surface area contributed by atoms with Crippen molar-refractivity contribution in [3.8, 4) is 0 Å². The van der Waals surface area contributed by atoms with Crippen molar-refractivity contribution < 1.29 is 0 Å². The lowest BCUT2D eigenvalue weighted by Crippen LogP contribution is -2.26. The molecule has 0 aliphatic carbocycles. The zero-order valence-corrected chi connectivity index (χ0v) is 11.7. The van der Waals surface area contributed by atoms with Gasteiger partial charge >= 0.3 is 0 Å². The van der Waals surface area contributed by atoms with E-state index in [4.69, 9.17) is 5.84 Å². The first-order valence-corrected chi connectivity index (χ1v) is 6.94. The van der Waals surface area contributed by atoms with Gasteiger partial charge in [-0.15, -0.1) is 0 Å². The van der Waals surface area contributed by atoms with Crippen molar-refractivity contribution in [2.45, 2.75) is 46.1 Å². The fourth-order valence-electron chi connectivity index (χ4n) is 1.97. The van der Waals surface area contributed by atoms with Crippen LogP contribution in [-0.2, 0) is 6.54 Å². The highest BCUT2D eigenvalue weighted by molar-refractivity contribution is 5.42. The van der Waals surface area contributed by atoms with Gasteiger partial charge in [0.15, 0.2) is 0 Å². The molecular weight excluding hydrogens is 224 g/mol. The van der Waals surface area contributed by atoms with Gasteiger partial charge in [-0.3, -0.25) is 4.90 Å². The van der Waals surface area contributed by atoms with Crippen LogP contribution in [0.3, 0.4) is 0 Å². The van der Waals surface area contributed by atoms with Crippen LogP contribution in [0.1, 0.15) is 45.1 Å². The summed E-state index contributed by atoms with van der Waals surface area (Å²) in [6.07, 6.45) is 6.72. The predicted octanol–water partition coefficient (Wildman–Crippen LogP) is 2.77. The molecule has 0 bridgehead atoms. The number of hydrazine groups is 1. The average Bonchev–Trinajstić information content (AvgIpc) is 2.42. The number of nitrogen functional groups attached to an aromatic ring is 1. The molecule has 0 aliphatic heterocycles. The van der Waals surface area contributed by atoms with Crippen molar-refractivity contribution >= 4 is 5.82 Å². The summed E-state index contributed by atoms with van der Waals surface area (Å²) in [6.45, 7) is 7.68. The Morgan fingerprint density at radius 1 is 1.22 bits per heavy atom. The number of nitrogens with one attached hydrogen (secondary N) is 1. The number of nitrogens with two attached hydrogens (primary N) is 1. The van der Waals surface area contributed by atoms with E-state index in [9.17, 15) is 0 Å². The van der Waals surface area contributed by atoms with Crippen LogP contribution in [0.2, 0.25) is 0 Å². The molecule has 0 saturated heterocycles. The minimum Gasteiger partial charge on any atom is -0.308 e. The maximum atomic E-state index is 5.50. The smallest absolute Gasteiger partial charge is 0.144 e. The van der Waals surface area contributed by atoms with Crippen molar-refractivity contribution in [3.63, 3.8) is 0 Å². The van der Waals surface area contributed by atoms with Crippen molar-refractivity contribution in [2.75, 3.05) is 18.5 Å². The first-order valence-electron chi connectivity index (χ1n) is 6.94. The third kappa shape index (κ3) is 5.02. The Labute approximate surface area is 111 Å². The van der Waals surface area contributed by atoms with Gasteiger partial charge in [-0.05, 0) is 32.0 Å². The standard InChI is InChI=1S/C14H26N4/c1-3-5-10-18(11-6-4-2)12-13-8-7-9-16-14(13)17-15/h7-9H,3-6,10-12,15H2,1-2H3,(H,16,17). The molecule has 1 aromatic rings. The Hall–Kier alpha value is -1.13. The molecule has 0 amide bonds. The topological polar surface area (TPSA) is 54.2 Å². The molecule has 0 saturated carbocycles. The Kier molecular flexibility index (Phi) is 7.37. The summed E-state index contributed by atoms with van der Waals surface area (Å²) in [6, 6.07) is 4.06. The summed E-state index contributed by atoms with van der Waals surface area (Å²) < 4.78 is 0. The molecule has 0 fully saturated rings. The van der Waals surface area contributed by atoms with E-state index in [1.807, 2.05) is 6.07 Å². The third-order valence-electron chi connectivity index (χ3n) is 3.08. The molecule has 4 nitrogen and oxygen atoms in total. The van der Waals surface area contributed by atoms with Crippen LogP contribution in [0.5, 0.6) is 0 Å². The molecule has 102 valence electrons. The minimum atomic E-state index is 0.787. The molecule has 0 unspecified atom stereocenters. The van der Waals surface area contributed by atoms with E-state index in [0.29, 0.717) is 0 Å². The number of pyridine rings is 1. The maximum absolute atomic E-state index is 5.50. The van der Waals surface area contributed by atoms with Crippen LogP contribution in [0, 0.1) is 0 Å². The number of hydrogen-bond donors (Lipinski definition) is 2. The highest BCUT2D eigenvalue weighted by atomic mass is 15.3. The third-order valence-corrected chi connectivity index (χ3v) is 3.08. The number of rotatable bonds is 9. The highest BCUT2D eigenvalue weighted by Gasteiger charge is 2.08. The van der Waals surface area contributed by atoms with E-state index < -0.39 is 0 Å². The summed E-state index contributed by atoms with van der Waals surface area (Å²) in [4.78, 5) is 6.74. The zero-order chi connectivity index (χ0) is 13.2. The van der Waals surface area contributed by atoms with Crippen molar-refractivity contribution in [3.05, 3.63) is 23.9 Å². The SMILES string of the molecule is CCCCN(CCCC)Cc1cccnc1NN. The molecule has 0 spiro atoms. The fraction of sp³-hybridized carbons (Fsp3) is 0.643. The number of unbranched alkanes of at least 4 members (excludes halogenated alkanes) is 2. The van der Waals surface area contributed by atoms with E-state index >= 15 is 0 Å². The van der Waals surface area contributed by atoms with Gasteiger partial charge in [0.2, 0.25) is 0 Å².